The minimum absolute atomic E-state index is 0.0613. The molecule has 1 unspecified atom stereocenters. The molecule has 324 valence electrons. The molecule has 3 aromatic heterocycles. The molecular formula is C46H44N12O6. The first-order valence-electron chi connectivity index (χ1n) is 21.6. The fraction of sp³-hybridized carbons (Fsp3) is 0.304. The van der Waals surface area contributed by atoms with E-state index in [1.165, 1.54) is 0 Å². The van der Waals surface area contributed by atoms with Gasteiger partial charge in [-0.25, -0.2) is 9.97 Å². The van der Waals surface area contributed by atoms with Crippen molar-refractivity contribution in [3.63, 3.8) is 0 Å². The number of benzene rings is 3. The maximum absolute atomic E-state index is 13.5. The Morgan fingerprint density at radius 2 is 1.52 bits per heavy atom. The average Bonchev–Trinajstić information content (AvgIpc) is 4.07. The van der Waals surface area contributed by atoms with Gasteiger partial charge in [0, 0.05) is 92.0 Å². The first-order valence-corrected chi connectivity index (χ1v) is 21.6. The molecular weight excluding hydrogens is 817 g/mol. The molecule has 0 radical (unpaired) electrons. The van der Waals surface area contributed by atoms with Gasteiger partial charge in [0.05, 0.1) is 39.2 Å². The van der Waals surface area contributed by atoms with E-state index in [0.29, 0.717) is 52.3 Å². The predicted molar refractivity (Wildman–Crippen MR) is 236 cm³/mol. The SMILES string of the molecule is O=C1CCC(N2C(=O)c3cccc(NCCc4cn(CCCCCN5CCN(c6nc(C7=C(c8c[nH]c9ccccc89)C(=O)NC7=O)c7ccccc7n6)CC5)nn4)c3C2=O)C(=O)N1. The van der Waals surface area contributed by atoms with Crippen molar-refractivity contribution >= 4 is 80.0 Å². The molecule has 4 aliphatic rings. The minimum atomic E-state index is -1.02. The van der Waals surface area contributed by atoms with Gasteiger partial charge in [-0.2, -0.15) is 0 Å². The summed E-state index contributed by atoms with van der Waals surface area (Å²) in [5, 5.41) is 18.2. The van der Waals surface area contributed by atoms with Crippen LogP contribution >= 0.6 is 0 Å². The zero-order valence-electron chi connectivity index (χ0n) is 34.8. The van der Waals surface area contributed by atoms with Crippen LogP contribution in [-0.2, 0) is 32.1 Å². The third kappa shape index (κ3) is 7.54. The predicted octanol–water partition coefficient (Wildman–Crippen LogP) is 3.32. The van der Waals surface area contributed by atoms with Crippen LogP contribution in [0.15, 0.2) is 79.1 Å². The van der Waals surface area contributed by atoms with Crippen molar-refractivity contribution in [3.05, 3.63) is 107 Å². The van der Waals surface area contributed by atoms with Crippen LogP contribution in [0.25, 0.3) is 33.0 Å². The number of piperidine rings is 1. The largest absolute Gasteiger partial charge is 0.384 e. The highest BCUT2D eigenvalue weighted by Gasteiger charge is 2.45. The molecule has 0 saturated carbocycles. The van der Waals surface area contributed by atoms with Crippen molar-refractivity contribution in [1.82, 2.24) is 50.4 Å². The van der Waals surface area contributed by atoms with Crippen molar-refractivity contribution in [2.45, 2.75) is 51.1 Å². The van der Waals surface area contributed by atoms with Crippen LogP contribution in [-0.4, -0.2) is 120 Å². The number of unbranched alkanes of at least 4 members (excludes halogenated alkanes) is 2. The molecule has 6 amide bonds. The van der Waals surface area contributed by atoms with E-state index in [4.69, 9.17) is 9.97 Å². The number of rotatable bonds is 14. The molecule has 18 nitrogen and oxygen atoms in total. The molecule has 3 aromatic carbocycles. The van der Waals surface area contributed by atoms with E-state index in [9.17, 15) is 28.8 Å². The number of aryl methyl sites for hydroxylation is 1. The number of imide groups is 3. The van der Waals surface area contributed by atoms with Gasteiger partial charge >= 0.3 is 0 Å². The number of para-hydroxylation sites is 2. The Morgan fingerprint density at radius 1 is 0.734 bits per heavy atom. The van der Waals surface area contributed by atoms with Gasteiger partial charge in [0.15, 0.2) is 0 Å². The lowest BCUT2D eigenvalue weighted by Gasteiger charge is -2.35. The Bertz CT molecular complexity index is 2930. The molecule has 2 saturated heterocycles. The zero-order valence-corrected chi connectivity index (χ0v) is 34.8. The topological polar surface area (TPSA) is 221 Å². The van der Waals surface area contributed by atoms with Gasteiger partial charge in [0.1, 0.15) is 6.04 Å². The number of hydrogen-bond donors (Lipinski definition) is 4. The molecule has 0 spiro atoms. The van der Waals surface area contributed by atoms with E-state index in [1.54, 1.807) is 24.4 Å². The van der Waals surface area contributed by atoms with Gasteiger partial charge in [0.2, 0.25) is 17.8 Å². The molecule has 0 aliphatic carbocycles. The molecule has 4 aliphatic heterocycles. The number of carbonyl (C=O) groups is 6. The quantitative estimate of drug-likeness (QED) is 0.0914. The molecule has 2 fully saturated rings. The Morgan fingerprint density at radius 3 is 2.36 bits per heavy atom. The normalized spacial score (nSPS) is 18.2. The van der Waals surface area contributed by atoms with E-state index in [1.807, 2.05) is 59.4 Å². The molecule has 64 heavy (non-hydrogen) atoms. The van der Waals surface area contributed by atoms with Crippen LogP contribution in [0, 0.1) is 0 Å². The molecule has 10 rings (SSSR count). The lowest BCUT2D eigenvalue weighted by atomic mass is 9.97. The molecule has 1 atom stereocenters. The third-order valence-electron chi connectivity index (χ3n) is 12.4. The number of aromatic nitrogens is 6. The highest BCUT2D eigenvalue weighted by molar-refractivity contribution is 6.50. The van der Waals surface area contributed by atoms with Crippen molar-refractivity contribution in [2.24, 2.45) is 0 Å². The first kappa shape index (κ1) is 40.5. The van der Waals surface area contributed by atoms with E-state index < -0.39 is 41.5 Å². The van der Waals surface area contributed by atoms with Crippen molar-refractivity contribution in [2.75, 3.05) is 49.5 Å². The van der Waals surface area contributed by atoms with E-state index in [0.717, 1.165) is 80.0 Å². The molecule has 18 heteroatoms. The van der Waals surface area contributed by atoms with Gasteiger partial charge in [-0.15, -0.1) is 5.10 Å². The lowest BCUT2D eigenvalue weighted by molar-refractivity contribution is -0.136. The number of hydrogen-bond acceptors (Lipinski definition) is 13. The summed E-state index contributed by atoms with van der Waals surface area (Å²) in [7, 11) is 0. The van der Waals surface area contributed by atoms with E-state index >= 15 is 0 Å². The van der Waals surface area contributed by atoms with Crippen LogP contribution in [0.5, 0.6) is 0 Å². The fourth-order valence-electron chi connectivity index (χ4n) is 9.12. The number of nitrogens with one attached hydrogen (secondary N) is 4. The van der Waals surface area contributed by atoms with Crippen LogP contribution < -0.4 is 20.9 Å². The monoisotopic (exact) mass is 860 g/mol. The van der Waals surface area contributed by atoms with Crippen molar-refractivity contribution < 1.29 is 28.8 Å². The number of carbonyl (C=O) groups excluding carboxylic acids is 6. The number of nitrogens with zero attached hydrogens (tertiary/aromatic N) is 8. The summed E-state index contributed by atoms with van der Waals surface area (Å²) in [6.07, 6.45) is 7.38. The molecule has 7 heterocycles. The Kier molecular flexibility index (Phi) is 10.7. The first-order chi connectivity index (χ1) is 31.2. The molecule has 4 N–H and O–H groups in total. The van der Waals surface area contributed by atoms with Crippen molar-refractivity contribution in [3.8, 4) is 0 Å². The molecule has 0 bridgehead atoms. The second-order valence-corrected chi connectivity index (χ2v) is 16.4. The van der Waals surface area contributed by atoms with E-state index in [2.05, 4.69) is 41.0 Å². The van der Waals surface area contributed by atoms with Crippen LogP contribution in [0.2, 0.25) is 0 Å². The van der Waals surface area contributed by atoms with Gasteiger partial charge in [-0.3, -0.25) is 53.9 Å². The number of aromatic amines is 1. The fourth-order valence-corrected chi connectivity index (χ4v) is 9.12. The number of H-pyrrole nitrogens is 1. The zero-order chi connectivity index (χ0) is 43.9. The van der Waals surface area contributed by atoms with Gasteiger partial charge in [0.25, 0.3) is 23.6 Å². The summed E-state index contributed by atoms with van der Waals surface area (Å²) < 4.78 is 1.84. The highest BCUT2D eigenvalue weighted by Crippen LogP contribution is 2.37. The smallest absolute Gasteiger partial charge is 0.264 e. The minimum Gasteiger partial charge on any atom is -0.384 e. The number of amides is 6. The standard InChI is InChI=1S/C46H44N12O6/c59-36-16-15-35(41(60)50-36)58-44(63)30-11-8-14-34(37(30)45(58)64)47-18-17-27-26-57(54-53-27)20-7-1-6-19-55-21-23-56(24-22-55)46-49-33-13-5-3-10-29(33)40(51-46)39-38(42(61)52-43(39)62)31-25-48-32-12-4-2-9-28(31)32/h2-5,8-14,25-26,35,47-48H,1,6-7,15-24H2,(H,50,59,60)(H,52,61,62). The third-order valence-corrected chi connectivity index (χ3v) is 12.4. The van der Waals surface area contributed by atoms with Crippen LogP contribution in [0.3, 0.4) is 0 Å². The van der Waals surface area contributed by atoms with Gasteiger partial charge < -0.3 is 15.2 Å². The second-order valence-electron chi connectivity index (χ2n) is 16.4. The summed E-state index contributed by atoms with van der Waals surface area (Å²) in [5.74, 6) is -2.55. The van der Waals surface area contributed by atoms with E-state index in [-0.39, 0.29) is 29.5 Å². The maximum atomic E-state index is 13.5. The van der Waals surface area contributed by atoms with Gasteiger partial charge in [-0.1, -0.05) is 54.1 Å². The number of fused-ring (bicyclic) bond motifs is 3. The Labute approximate surface area is 366 Å². The van der Waals surface area contributed by atoms with Crippen molar-refractivity contribution in [1.29, 1.82) is 0 Å². The van der Waals surface area contributed by atoms with Gasteiger partial charge in [-0.05, 0) is 50.1 Å². The van der Waals surface area contributed by atoms with Crippen LogP contribution in [0.1, 0.15) is 69.8 Å². The summed E-state index contributed by atoms with van der Waals surface area (Å²) >= 11 is 0. The average molecular weight is 861 g/mol. The Hall–Kier alpha value is -7.60. The summed E-state index contributed by atoms with van der Waals surface area (Å²) in [6, 6.07) is 19.2. The highest BCUT2D eigenvalue weighted by atomic mass is 16.2. The lowest BCUT2D eigenvalue weighted by Crippen LogP contribution is -2.54. The Balaban J connectivity index is 0.704. The maximum Gasteiger partial charge on any atom is 0.264 e. The number of piperazine rings is 1. The summed E-state index contributed by atoms with van der Waals surface area (Å²) in [5.41, 5.74) is 4.95. The summed E-state index contributed by atoms with van der Waals surface area (Å²) in [4.78, 5) is 96.2. The molecule has 6 aromatic rings. The second kappa shape index (κ2) is 16.9. The summed E-state index contributed by atoms with van der Waals surface area (Å²) in [6.45, 7) is 5.24. The van der Waals surface area contributed by atoms with Crippen LogP contribution in [0.4, 0.5) is 11.6 Å². The number of anilines is 2.